The fourth-order valence-electron chi connectivity index (χ4n) is 1.67. The molecule has 0 aliphatic carbocycles. The van der Waals surface area contributed by atoms with Gasteiger partial charge in [-0.25, -0.2) is 4.79 Å². The predicted octanol–water partition coefficient (Wildman–Crippen LogP) is -0.202. The zero-order valence-corrected chi connectivity index (χ0v) is 13.0. The Hall–Kier alpha value is -1.87. The van der Waals surface area contributed by atoms with Gasteiger partial charge in [0.1, 0.15) is 26.8 Å². The zero-order valence-electron chi connectivity index (χ0n) is 12.1. The molecule has 0 spiro atoms. The second-order valence-electron chi connectivity index (χ2n) is 4.40. The standard InChI is InChI=1S/C13H17BO7S/c14-9-10-3-1-2-4-11(10)13(16)21-6-5-12(15)20-7-8-22(17,18)19/h1-4H,5-9,14H2,(H,17,18,19). The van der Waals surface area contributed by atoms with E-state index < -0.39 is 34.4 Å². The molecule has 0 fully saturated rings. The molecule has 0 aromatic heterocycles. The number of benzene rings is 1. The minimum Gasteiger partial charge on any atom is -0.464 e. The fraction of sp³-hybridized carbons (Fsp3) is 0.385. The van der Waals surface area contributed by atoms with Crippen molar-refractivity contribution in [3.05, 3.63) is 35.4 Å². The summed E-state index contributed by atoms with van der Waals surface area (Å²) in [4.78, 5) is 23.1. The van der Waals surface area contributed by atoms with Crippen molar-refractivity contribution in [3.8, 4) is 0 Å². The van der Waals surface area contributed by atoms with E-state index in [2.05, 4.69) is 4.74 Å². The lowest BCUT2D eigenvalue weighted by molar-refractivity contribution is -0.143. The lowest BCUT2D eigenvalue weighted by Crippen LogP contribution is -2.17. The molecule has 22 heavy (non-hydrogen) atoms. The number of ether oxygens (including phenoxy) is 2. The molecule has 0 saturated heterocycles. The van der Waals surface area contributed by atoms with E-state index in [0.29, 0.717) is 11.9 Å². The second kappa shape index (κ2) is 8.55. The average Bonchev–Trinajstić information content (AvgIpc) is 2.45. The van der Waals surface area contributed by atoms with Gasteiger partial charge in [0.25, 0.3) is 10.1 Å². The van der Waals surface area contributed by atoms with Crippen LogP contribution in [-0.2, 0) is 30.7 Å². The summed E-state index contributed by atoms with van der Waals surface area (Å²) in [5.41, 5.74) is 1.30. The Morgan fingerprint density at radius 1 is 1.14 bits per heavy atom. The minimum atomic E-state index is -4.16. The molecule has 0 radical (unpaired) electrons. The number of esters is 2. The summed E-state index contributed by atoms with van der Waals surface area (Å²) >= 11 is 0. The summed E-state index contributed by atoms with van der Waals surface area (Å²) in [5, 5.41) is 0. The van der Waals surface area contributed by atoms with Crippen LogP contribution in [0.1, 0.15) is 22.3 Å². The predicted molar refractivity (Wildman–Crippen MR) is 81.0 cm³/mol. The molecule has 1 rings (SSSR count). The zero-order chi connectivity index (χ0) is 16.6. The highest BCUT2D eigenvalue weighted by Gasteiger charge is 2.13. The molecule has 1 aromatic rings. The van der Waals surface area contributed by atoms with Gasteiger partial charge < -0.3 is 9.47 Å². The molecule has 0 amide bonds. The van der Waals surface area contributed by atoms with Crippen LogP contribution in [0.3, 0.4) is 0 Å². The summed E-state index contributed by atoms with van der Waals surface area (Å²) < 4.78 is 38.9. The third kappa shape index (κ3) is 6.73. The normalized spacial score (nSPS) is 11.0. The summed E-state index contributed by atoms with van der Waals surface area (Å²) in [5.74, 6) is -1.90. The van der Waals surface area contributed by atoms with Crippen LogP contribution < -0.4 is 0 Å². The first-order valence-corrected chi connectivity index (χ1v) is 8.30. The van der Waals surface area contributed by atoms with Crippen LogP contribution in [0, 0.1) is 0 Å². The van der Waals surface area contributed by atoms with E-state index in [1.807, 2.05) is 20.0 Å². The van der Waals surface area contributed by atoms with Crippen molar-refractivity contribution in [2.75, 3.05) is 19.0 Å². The number of carbonyl (C=O) groups is 2. The number of carbonyl (C=O) groups excluding carboxylic acids is 2. The van der Waals surface area contributed by atoms with E-state index >= 15 is 0 Å². The van der Waals surface area contributed by atoms with Crippen molar-refractivity contribution in [1.82, 2.24) is 0 Å². The second-order valence-corrected chi connectivity index (χ2v) is 5.98. The molecular weight excluding hydrogens is 311 g/mol. The van der Waals surface area contributed by atoms with Crippen LogP contribution in [0.5, 0.6) is 0 Å². The quantitative estimate of drug-likeness (QED) is 0.400. The first kappa shape index (κ1) is 18.2. The lowest BCUT2D eigenvalue weighted by Gasteiger charge is -2.08. The molecular formula is C13H17BO7S. The first-order chi connectivity index (χ1) is 10.3. The average molecular weight is 328 g/mol. The lowest BCUT2D eigenvalue weighted by atomic mass is 9.93. The highest BCUT2D eigenvalue weighted by atomic mass is 32.2. The molecule has 0 heterocycles. The van der Waals surface area contributed by atoms with Gasteiger partial charge in [0, 0.05) is 0 Å². The maximum Gasteiger partial charge on any atom is 0.338 e. The Balaban J connectivity index is 2.34. The summed E-state index contributed by atoms with van der Waals surface area (Å²) in [7, 11) is -2.24. The van der Waals surface area contributed by atoms with E-state index in [4.69, 9.17) is 9.29 Å². The van der Waals surface area contributed by atoms with Crippen LogP contribution in [0.25, 0.3) is 0 Å². The Morgan fingerprint density at radius 3 is 2.45 bits per heavy atom. The Kier molecular flexibility index (Phi) is 7.06. The van der Waals surface area contributed by atoms with E-state index in [0.717, 1.165) is 5.56 Å². The molecule has 9 heteroatoms. The molecule has 7 nitrogen and oxygen atoms in total. The van der Waals surface area contributed by atoms with Crippen LogP contribution in [-0.4, -0.2) is 51.7 Å². The smallest absolute Gasteiger partial charge is 0.338 e. The molecule has 120 valence electrons. The van der Waals surface area contributed by atoms with Gasteiger partial charge in [-0.3, -0.25) is 9.35 Å². The largest absolute Gasteiger partial charge is 0.464 e. The molecule has 0 bridgehead atoms. The van der Waals surface area contributed by atoms with Gasteiger partial charge in [0.2, 0.25) is 0 Å². The molecule has 0 saturated carbocycles. The highest BCUT2D eigenvalue weighted by molar-refractivity contribution is 7.85. The number of hydrogen-bond acceptors (Lipinski definition) is 6. The third-order valence-corrected chi connectivity index (χ3v) is 3.44. The van der Waals surface area contributed by atoms with Gasteiger partial charge in [-0.15, -0.1) is 0 Å². The van der Waals surface area contributed by atoms with Crippen molar-refractivity contribution in [1.29, 1.82) is 0 Å². The third-order valence-electron chi connectivity index (χ3n) is 2.76. The first-order valence-electron chi connectivity index (χ1n) is 6.69. The summed E-state index contributed by atoms with van der Waals surface area (Å²) in [6.07, 6.45) is 0.495. The summed E-state index contributed by atoms with van der Waals surface area (Å²) in [6.45, 7) is -0.605. The summed E-state index contributed by atoms with van der Waals surface area (Å²) in [6, 6.07) is 7.01. The fourth-order valence-corrected chi connectivity index (χ4v) is 1.96. The van der Waals surface area contributed by atoms with Crippen LogP contribution in [0.15, 0.2) is 24.3 Å². The van der Waals surface area contributed by atoms with E-state index in [1.165, 1.54) is 0 Å². The maximum absolute atomic E-state index is 11.9. The van der Waals surface area contributed by atoms with Crippen molar-refractivity contribution in [2.24, 2.45) is 0 Å². The topological polar surface area (TPSA) is 107 Å². The molecule has 0 atom stereocenters. The SMILES string of the molecule is BCc1ccccc1C(=O)OCCC(=O)OCCS(=O)(=O)O. The van der Waals surface area contributed by atoms with Gasteiger partial charge in [-0.05, 0) is 11.6 Å². The van der Waals surface area contributed by atoms with E-state index in [1.54, 1.807) is 12.1 Å². The van der Waals surface area contributed by atoms with E-state index in [-0.39, 0.29) is 13.0 Å². The van der Waals surface area contributed by atoms with Gasteiger partial charge in [0.15, 0.2) is 0 Å². The van der Waals surface area contributed by atoms with Crippen molar-refractivity contribution in [2.45, 2.75) is 12.7 Å². The van der Waals surface area contributed by atoms with Crippen LogP contribution in [0.4, 0.5) is 0 Å². The van der Waals surface area contributed by atoms with Crippen LogP contribution >= 0.6 is 0 Å². The van der Waals surface area contributed by atoms with Crippen molar-refractivity contribution in [3.63, 3.8) is 0 Å². The molecule has 0 aliphatic rings. The molecule has 0 unspecified atom stereocenters. The van der Waals surface area contributed by atoms with Gasteiger partial charge >= 0.3 is 11.9 Å². The maximum atomic E-state index is 11.9. The number of rotatable bonds is 8. The van der Waals surface area contributed by atoms with Gasteiger partial charge in [-0.1, -0.05) is 24.5 Å². The molecule has 0 aliphatic heterocycles. The number of hydrogen-bond donors (Lipinski definition) is 1. The van der Waals surface area contributed by atoms with Gasteiger partial charge in [-0.2, -0.15) is 8.42 Å². The van der Waals surface area contributed by atoms with Gasteiger partial charge in [0.05, 0.1) is 12.0 Å². The Morgan fingerprint density at radius 2 is 1.82 bits per heavy atom. The highest BCUT2D eigenvalue weighted by Crippen LogP contribution is 2.10. The molecule has 1 N–H and O–H groups in total. The minimum absolute atomic E-state index is 0.165. The van der Waals surface area contributed by atoms with Crippen LogP contribution in [0.2, 0.25) is 0 Å². The van der Waals surface area contributed by atoms with Crippen molar-refractivity contribution < 1.29 is 32.0 Å². The Bertz CT molecular complexity index is 627. The van der Waals surface area contributed by atoms with Crippen molar-refractivity contribution >= 4 is 29.9 Å². The molecule has 1 aromatic carbocycles. The monoisotopic (exact) mass is 328 g/mol. The Labute approximate surface area is 129 Å². The van der Waals surface area contributed by atoms with E-state index in [9.17, 15) is 18.0 Å².